The number of ether oxygens (including phenoxy) is 2. The zero-order valence-corrected chi connectivity index (χ0v) is 22.0. The third kappa shape index (κ3) is 6.75. The number of nitrogens with one attached hydrogen (secondary N) is 3. The highest BCUT2D eigenvalue weighted by molar-refractivity contribution is 6.30. The minimum atomic E-state index is -0.569. The largest absolute Gasteiger partial charge is 0.447 e. The highest BCUT2D eigenvalue weighted by Crippen LogP contribution is 2.19. The maximum atomic E-state index is 13.5. The average Bonchev–Trinajstić information content (AvgIpc) is 3.36. The number of nitrogens with zero attached hydrogens (tertiary/aromatic N) is 2. The first-order valence-corrected chi connectivity index (χ1v) is 13.1. The molecule has 1 aromatic heterocycles. The Hall–Kier alpha value is -3.91. The molecular formula is C28H28ClN5O5. The summed E-state index contributed by atoms with van der Waals surface area (Å²) < 4.78 is 10.4. The van der Waals surface area contributed by atoms with Crippen LogP contribution < -0.4 is 16.1 Å². The number of halogens is 1. The number of fused-ring (bicyclic) bond motifs is 1. The molecule has 2 fully saturated rings. The number of carbonyl (C=O) groups is 2. The van der Waals surface area contributed by atoms with Crippen molar-refractivity contribution in [3.63, 3.8) is 0 Å². The summed E-state index contributed by atoms with van der Waals surface area (Å²) in [6, 6.07) is 10.8. The highest BCUT2D eigenvalue weighted by Gasteiger charge is 2.21. The van der Waals surface area contributed by atoms with Gasteiger partial charge in [-0.15, -0.1) is 0 Å². The molecule has 5 rings (SSSR count). The van der Waals surface area contributed by atoms with Crippen LogP contribution in [0.4, 0.5) is 4.79 Å². The zero-order valence-electron chi connectivity index (χ0n) is 21.2. The van der Waals surface area contributed by atoms with E-state index < -0.39 is 17.4 Å². The normalized spacial score (nSPS) is 17.3. The summed E-state index contributed by atoms with van der Waals surface area (Å²) in [5.74, 6) is 5.73. The Morgan fingerprint density at radius 3 is 2.69 bits per heavy atom. The van der Waals surface area contributed by atoms with Crippen molar-refractivity contribution >= 4 is 34.5 Å². The molecule has 2 aromatic carbocycles. The van der Waals surface area contributed by atoms with Crippen molar-refractivity contribution in [1.82, 2.24) is 25.7 Å². The molecule has 3 N–H and O–H groups in total. The number of H-pyrrole nitrogens is 1. The minimum absolute atomic E-state index is 0.0633. The summed E-state index contributed by atoms with van der Waals surface area (Å²) in [5.41, 5.74) is 2.18. The molecule has 202 valence electrons. The van der Waals surface area contributed by atoms with Crippen LogP contribution in [0.15, 0.2) is 41.2 Å². The lowest BCUT2D eigenvalue weighted by Gasteiger charge is -2.26. The van der Waals surface area contributed by atoms with Gasteiger partial charge in [0.2, 0.25) is 5.43 Å². The predicted octanol–water partition coefficient (Wildman–Crippen LogP) is 2.58. The van der Waals surface area contributed by atoms with Gasteiger partial charge in [-0.1, -0.05) is 35.6 Å². The molecule has 2 saturated heterocycles. The quantitative estimate of drug-likeness (QED) is 0.387. The van der Waals surface area contributed by atoms with Crippen LogP contribution in [0, 0.1) is 11.8 Å². The van der Waals surface area contributed by atoms with E-state index >= 15 is 0 Å². The van der Waals surface area contributed by atoms with Gasteiger partial charge in [-0.05, 0) is 41.8 Å². The Bertz CT molecular complexity index is 1490. The van der Waals surface area contributed by atoms with Gasteiger partial charge >= 0.3 is 6.09 Å². The SMILES string of the molecule is O=C1NC(CCC#Cc2cc(CN3CCOCC3)cc3c(=O)c(C(=O)NCc4ccc(Cl)cc4)n[nH]c23)CO1. The monoisotopic (exact) mass is 549 g/mol. The Kier molecular flexibility index (Phi) is 8.42. The van der Waals surface area contributed by atoms with Gasteiger partial charge in [0.25, 0.3) is 5.91 Å². The van der Waals surface area contributed by atoms with Crippen LogP contribution in [-0.2, 0) is 22.6 Å². The fraction of sp³-hybridized carbons (Fsp3) is 0.357. The van der Waals surface area contributed by atoms with Gasteiger partial charge in [-0.3, -0.25) is 19.6 Å². The number of rotatable bonds is 7. The smallest absolute Gasteiger partial charge is 0.407 e. The molecule has 0 aliphatic carbocycles. The van der Waals surface area contributed by atoms with Crippen molar-refractivity contribution in [2.45, 2.75) is 32.0 Å². The standard InChI is InChI=1S/C28H28ClN5O5/c29-21-7-5-18(6-8-21)15-30-27(36)25-26(35)23-14-19(16-34-9-11-38-12-10-34)13-20(24(23)32-33-25)3-1-2-4-22-17-39-28(37)31-22/h5-8,13-14,22H,2,4,9-12,15-17H2,(H,30,36)(H,31,37)(H,32,35). The molecule has 11 heteroatoms. The van der Waals surface area contributed by atoms with Crippen molar-refractivity contribution in [2.75, 3.05) is 32.9 Å². The number of benzene rings is 2. The predicted molar refractivity (Wildman–Crippen MR) is 145 cm³/mol. The average molecular weight is 550 g/mol. The summed E-state index contributed by atoms with van der Waals surface area (Å²) in [7, 11) is 0. The number of cyclic esters (lactones) is 1. The number of aromatic nitrogens is 2. The van der Waals surface area contributed by atoms with E-state index in [1.165, 1.54) is 0 Å². The molecule has 3 aromatic rings. The molecule has 10 nitrogen and oxygen atoms in total. The number of carbonyl (C=O) groups excluding carboxylic acids is 2. The molecule has 39 heavy (non-hydrogen) atoms. The zero-order chi connectivity index (χ0) is 27.2. The second-order valence-corrected chi connectivity index (χ2v) is 9.88. The van der Waals surface area contributed by atoms with Crippen molar-refractivity contribution < 1.29 is 19.1 Å². The molecule has 0 spiro atoms. The van der Waals surface area contributed by atoms with Crippen LogP contribution in [0.3, 0.4) is 0 Å². The molecular weight excluding hydrogens is 522 g/mol. The first-order valence-electron chi connectivity index (χ1n) is 12.8. The molecule has 1 atom stereocenters. The van der Waals surface area contributed by atoms with E-state index in [1.54, 1.807) is 30.3 Å². The van der Waals surface area contributed by atoms with E-state index in [1.807, 2.05) is 6.07 Å². The lowest BCUT2D eigenvalue weighted by Crippen LogP contribution is -2.35. The summed E-state index contributed by atoms with van der Waals surface area (Å²) in [6.07, 6.45) is 0.773. The first kappa shape index (κ1) is 26.7. The maximum absolute atomic E-state index is 13.5. The van der Waals surface area contributed by atoms with Crippen LogP contribution in [0.2, 0.25) is 5.02 Å². The van der Waals surface area contributed by atoms with Crippen molar-refractivity contribution in [3.05, 3.63) is 74.0 Å². The fourth-order valence-corrected chi connectivity index (χ4v) is 4.63. The number of alkyl carbamates (subject to hydrolysis) is 1. The molecule has 0 bridgehead atoms. The molecule has 3 heterocycles. The number of morpholine rings is 1. The van der Waals surface area contributed by atoms with Gasteiger partial charge < -0.3 is 20.1 Å². The summed E-state index contributed by atoms with van der Waals surface area (Å²) in [4.78, 5) is 39.8. The minimum Gasteiger partial charge on any atom is -0.447 e. The Balaban J connectivity index is 1.40. The van der Waals surface area contributed by atoms with E-state index in [0.717, 1.165) is 24.2 Å². The molecule has 2 aliphatic heterocycles. The number of amides is 2. The van der Waals surface area contributed by atoms with E-state index in [0.29, 0.717) is 60.7 Å². The molecule has 0 radical (unpaired) electrons. The van der Waals surface area contributed by atoms with Gasteiger partial charge in [-0.25, -0.2) is 4.79 Å². The molecule has 2 amide bonds. The van der Waals surface area contributed by atoms with E-state index in [2.05, 4.69) is 37.6 Å². The first-order chi connectivity index (χ1) is 19.0. The van der Waals surface area contributed by atoms with Crippen LogP contribution in [-0.4, -0.2) is 66.0 Å². The van der Waals surface area contributed by atoms with Gasteiger partial charge in [-0.2, -0.15) is 5.10 Å². The second kappa shape index (κ2) is 12.3. The lowest BCUT2D eigenvalue weighted by molar-refractivity contribution is 0.0342. The highest BCUT2D eigenvalue weighted by atomic mass is 35.5. The Morgan fingerprint density at radius 1 is 1.15 bits per heavy atom. The van der Waals surface area contributed by atoms with Crippen LogP contribution >= 0.6 is 11.6 Å². The van der Waals surface area contributed by atoms with Gasteiger partial charge in [0.15, 0.2) is 5.69 Å². The Morgan fingerprint density at radius 2 is 1.95 bits per heavy atom. The van der Waals surface area contributed by atoms with Gasteiger partial charge in [0, 0.05) is 37.6 Å². The number of hydrogen-bond donors (Lipinski definition) is 3. The second-order valence-electron chi connectivity index (χ2n) is 9.45. The van der Waals surface area contributed by atoms with Crippen molar-refractivity contribution in [1.29, 1.82) is 0 Å². The summed E-state index contributed by atoms with van der Waals surface area (Å²) in [6.45, 7) is 4.08. The van der Waals surface area contributed by atoms with Gasteiger partial charge in [0.1, 0.15) is 6.61 Å². The van der Waals surface area contributed by atoms with Crippen LogP contribution in [0.25, 0.3) is 10.9 Å². The summed E-state index contributed by atoms with van der Waals surface area (Å²) >= 11 is 5.93. The van der Waals surface area contributed by atoms with Crippen LogP contribution in [0.5, 0.6) is 0 Å². The van der Waals surface area contributed by atoms with E-state index in [4.69, 9.17) is 21.1 Å². The van der Waals surface area contributed by atoms with E-state index in [9.17, 15) is 14.4 Å². The van der Waals surface area contributed by atoms with E-state index in [-0.39, 0.29) is 18.3 Å². The number of aromatic amines is 1. The topological polar surface area (TPSA) is 126 Å². The van der Waals surface area contributed by atoms with Crippen molar-refractivity contribution in [2.24, 2.45) is 0 Å². The summed E-state index contributed by atoms with van der Waals surface area (Å²) in [5, 5.41) is 13.4. The fourth-order valence-electron chi connectivity index (χ4n) is 4.51. The van der Waals surface area contributed by atoms with Gasteiger partial charge in [0.05, 0.1) is 35.7 Å². The lowest BCUT2D eigenvalue weighted by atomic mass is 10.0. The van der Waals surface area contributed by atoms with Crippen molar-refractivity contribution in [3.8, 4) is 11.8 Å². The maximum Gasteiger partial charge on any atom is 0.407 e. The molecule has 1 unspecified atom stereocenters. The Labute approximate surface area is 230 Å². The third-order valence-electron chi connectivity index (χ3n) is 6.61. The molecule has 2 aliphatic rings. The van der Waals surface area contributed by atoms with Crippen LogP contribution in [0.1, 0.15) is 40.0 Å². The number of hydrogen-bond acceptors (Lipinski definition) is 7. The molecule has 0 saturated carbocycles. The third-order valence-corrected chi connectivity index (χ3v) is 6.86.